The molecule has 21 heavy (non-hydrogen) atoms. The molecule has 1 aromatic heterocycles. The van der Waals surface area contributed by atoms with Crippen LogP contribution < -0.4 is 10.6 Å². The number of aromatic nitrogens is 2. The number of anilines is 2. The average Bonchev–Trinajstić information content (AvgIpc) is 2.53. The zero-order valence-electron chi connectivity index (χ0n) is 12.2. The van der Waals surface area contributed by atoms with E-state index in [-0.39, 0.29) is 0 Å². The molecular weight excluding hydrogens is 260 g/mol. The Balaban J connectivity index is 1.90. The van der Waals surface area contributed by atoms with E-state index in [4.69, 9.17) is 0 Å². The van der Waals surface area contributed by atoms with Crippen LogP contribution >= 0.6 is 0 Å². The van der Waals surface area contributed by atoms with E-state index in [2.05, 4.69) is 51.8 Å². The molecule has 106 valence electrons. The molecule has 0 aliphatic heterocycles. The van der Waals surface area contributed by atoms with Crippen molar-refractivity contribution < 1.29 is 0 Å². The molecule has 0 saturated heterocycles. The zero-order chi connectivity index (χ0) is 14.7. The van der Waals surface area contributed by atoms with Crippen LogP contribution in [0.2, 0.25) is 0 Å². The summed E-state index contributed by atoms with van der Waals surface area (Å²) >= 11 is 0. The van der Waals surface area contributed by atoms with E-state index in [1.807, 2.05) is 31.3 Å². The minimum absolute atomic E-state index is 0.625. The summed E-state index contributed by atoms with van der Waals surface area (Å²) in [5, 5.41) is 7.44. The topological polar surface area (TPSA) is 49.8 Å². The van der Waals surface area contributed by atoms with E-state index in [0.29, 0.717) is 5.95 Å². The van der Waals surface area contributed by atoms with Crippen LogP contribution in [0.3, 0.4) is 0 Å². The first-order chi connectivity index (χ1) is 10.3. The Morgan fingerprint density at radius 1 is 0.952 bits per heavy atom. The highest BCUT2D eigenvalue weighted by Gasteiger charge is 2.06. The van der Waals surface area contributed by atoms with E-state index in [1.165, 1.54) is 11.1 Å². The lowest BCUT2D eigenvalue weighted by molar-refractivity contribution is 1.10. The third kappa shape index (κ3) is 2.94. The lowest BCUT2D eigenvalue weighted by atomic mass is 10.1. The molecule has 0 amide bonds. The fraction of sp³-hybridized carbons (Fsp3) is 0.176. The first-order valence-electron chi connectivity index (χ1n) is 7.00. The molecule has 0 saturated carbocycles. The van der Waals surface area contributed by atoms with Crippen LogP contribution in [0.4, 0.5) is 11.8 Å². The number of nitrogens with one attached hydrogen (secondary N) is 2. The summed E-state index contributed by atoms with van der Waals surface area (Å²) in [6.07, 6.45) is 0. The van der Waals surface area contributed by atoms with Crippen LogP contribution in [0.25, 0.3) is 10.9 Å². The van der Waals surface area contributed by atoms with Crippen molar-refractivity contribution in [2.24, 2.45) is 0 Å². The Hall–Kier alpha value is -2.62. The fourth-order valence-corrected chi connectivity index (χ4v) is 2.21. The molecule has 0 aliphatic carbocycles. The van der Waals surface area contributed by atoms with Gasteiger partial charge < -0.3 is 10.6 Å². The third-order valence-corrected chi connectivity index (χ3v) is 3.41. The molecule has 4 heteroatoms. The predicted molar refractivity (Wildman–Crippen MR) is 87.6 cm³/mol. The van der Waals surface area contributed by atoms with Gasteiger partial charge in [0.1, 0.15) is 5.82 Å². The Morgan fingerprint density at radius 3 is 2.48 bits per heavy atom. The van der Waals surface area contributed by atoms with Gasteiger partial charge in [0.25, 0.3) is 0 Å². The van der Waals surface area contributed by atoms with Crippen LogP contribution in [-0.2, 0) is 6.54 Å². The molecule has 4 nitrogen and oxygen atoms in total. The molecular formula is C17H18N4. The molecule has 1 heterocycles. The highest BCUT2D eigenvalue weighted by atomic mass is 15.1. The number of hydrogen-bond donors (Lipinski definition) is 2. The highest BCUT2D eigenvalue weighted by molar-refractivity contribution is 5.89. The molecule has 0 aliphatic rings. The quantitative estimate of drug-likeness (QED) is 0.765. The maximum absolute atomic E-state index is 4.52. The number of nitrogens with zero attached hydrogens (tertiary/aromatic N) is 2. The maximum Gasteiger partial charge on any atom is 0.224 e. The number of rotatable bonds is 4. The van der Waals surface area contributed by atoms with E-state index in [0.717, 1.165) is 23.3 Å². The SMILES string of the molecule is CNc1nc(NCc2ccc(C)cc2)c2ccccc2n1. The van der Waals surface area contributed by atoms with Gasteiger partial charge in [-0.15, -0.1) is 0 Å². The van der Waals surface area contributed by atoms with Crippen LogP contribution in [0.1, 0.15) is 11.1 Å². The van der Waals surface area contributed by atoms with Crippen molar-refractivity contribution >= 4 is 22.7 Å². The molecule has 3 aromatic rings. The largest absolute Gasteiger partial charge is 0.365 e. The number of fused-ring (bicyclic) bond motifs is 1. The molecule has 3 rings (SSSR count). The van der Waals surface area contributed by atoms with Crippen molar-refractivity contribution in [3.8, 4) is 0 Å². The molecule has 2 N–H and O–H groups in total. The van der Waals surface area contributed by atoms with Gasteiger partial charge in [0.2, 0.25) is 5.95 Å². The predicted octanol–water partition coefficient (Wildman–Crippen LogP) is 3.59. The van der Waals surface area contributed by atoms with E-state index < -0.39 is 0 Å². The summed E-state index contributed by atoms with van der Waals surface area (Å²) in [6, 6.07) is 16.5. The van der Waals surface area contributed by atoms with E-state index in [1.54, 1.807) is 0 Å². The van der Waals surface area contributed by atoms with Gasteiger partial charge in [-0.2, -0.15) is 4.98 Å². The number of benzene rings is 2. The van der Waals surface area contributed by atoms with Crippen LogP contribution in [0, 0.1) is 6.92 Å². The van der Waals surface area contributed by atoms with Crippen molar-refractivity contribution in [2.75, 3.05) is 17.7 Å². The van der Waals surface area contributed by atoms with Gasteiger partial charge in [-0.05, 0) is 24.6 Å². The summed E-state index contributed by atoms with van der Waals surface area (Å²) in [5.41, 5.74) is 3.43. The molecule has 0 radical (unpaired) electrons. The summed E-state index contributed by atoms with van der Waals surface area (Å²) < 4.78 is 0. The second-order valence-electron chi connectivity index (χ2n) is 5.00. The van der Waals surface area contributed by atoms with Crippen molar-refractivity contribution in [3.63, 3.8) is 0 Å². The third-order valence-electron chi connectivity index (χ3n) is 3.41. The normalized spacial score (nSPS) is 10.6. The number of hydrogen-bond acceptors (Lipinski definition) is 4. The van der Waals surface area contributed by atoms with E-state index in [9.17, 15) is 0 Å². The molecule has 0 bridgehead atoms. The molecule has 0 atom stereocenters. The van der Waals surface area contributed by atoms with Crippen molar-refractivity contribution in [1.29, 1.82) is 0 Å². The lowest BCUT2D eigenvalue weighted by Crippen LogP contribution is -2.05. The highest BCUT2D eigenvalue weighted by Crippen LogP contribution is 2.22. The first kappa shape index (κ1) is 13.4. The molecule has 2 aromatic carbocycles. The first-order valence-corrected chi connectivity index (χ1v) is 7.00. The summed E-state index contributed by atoms with van der Waals surface area (Å²) in [6.45, 7) is 2.83. The maximum atomic E-state index is 4.52. The Bertz CT molecular complexity index is 750. The van der Waals surface area contributed by atoms with Crippen molar-refractivity contribution in [1.82, 2.24) is 9.97 Å². The fourth-order valence-electron chi connectivity index (χ4n) is 2.21. The average molecular weight is 278 g/mol. The smallest absolute Gasteiger partial charge is 0.224 e. The molecule has 0 spiro atoms. The Kier molecular flexibility index (Phi) is 3.69. The summed E-state index contributed by atoms with van der Waals surface area (Å²) in [5.74, 6) is 1.48. The van der Waals surface area contributed by atoms with Gasteiger partial charge in [0.05, 0.1) is 5.52 Å². The van der Waals surface area contributed by atoms with Gasteiger partial charge >= 0.3 is 0 Å². The number of para-hydroxylation sites is 1. The second-order valence-corrected chi connectivity index (χ2v) is 5.00. The Labute approximate surface area is 124 Å². The van der Waals surface area contributed by atoms with Gasteiger partial charge in [-0.1, -0.05) is 42.0 Å². The van der Waals surface area contributed by atoms with Gasteiger partial charge in [0.15, 0.2) is 0 Å². The Morgan fingerprint density at radius 2 is 1.71 bits per heavy atom. The van der Waals surface area contributed by atoms with Crippen molar-refractivity contribution in [2.45, 2.75) is 13.5 Å². The molecule has 0 unspecified atom stereocenters. The molecule has 0 fully saturated rings. The van der Waals surface area contributed by atoms with E-state index >= 15 is 0 Å². The van der Waals surface area contributed by atoms with Crippen LogP contribution in [0.15, 0.2) is 48.5 Å². The minimum atomic E-state index is 0.625. The summed E-state index contributed by atoms with van der Waals surface area (Å²) in [4.78, 5) is 8.98. The van der Waals surface area contributed by atoms with Crippen molar-refractivity contribution in [3.05, 3.63) is 59.7 Å². The van der Waals surface area contributed by atoms with Crippen LogP contribution in [-0.4, -0.2) is 17.0 Å². The van der Waals surface area contributed by atoms with Gasteiger partial charge in [-0.3, -0.25) is 0 Å². The number of aryl methyl sites for hydroxylation is 1. The zero-order valence-corrected chi connectivity index (χ0v) is 12.2. The monoisotopic (exact) mass is 278 g/mol. The lowest BCUT2D eigenvalue weighted by Gasteiger charge is -2.10. The van der Waals surface area contributed by atoms with Crippen LogP contribution in [0.5, 0.6) is 0 Å². The summed E-state index contributed by atoms with van der Waals surface area (Å²) in [7, 11) is 1.83. The van der Waals surface area contributed by atoms with Gasteiger partial charge in [-0.25, -0.2) is 4.98 Å². The minimum Gasteiger partial charge on any atom is -0.365 e. The second kappa shape index (κ2) is 5.79. The van der Waals surface area contributed by atoms with Gasteiger partial charge in [0, 0.05) is 19.0 Å². The standard InChI is InChI=1S/C17H18N4/c1-12-7-9-13(10-8-12)11-19-16-14-5-3-4-6-15(14)20-17(18-2)21-16/h3-10H,11H2,1-2H3,(H2,18,19,20,21).